The number of rotatable bonds is 5. The van der Waals surface area contributed by atoms with Gasteiger partial charge in [-0.05, 0) is 48.3 Å². The lowest BCUT2D eigenvalue weighted by atomic mass is 9.75. The van der Waals surface area contributed by atoms with E-state index in [-0.39, 0.29) is 0 Å². The molecule has 1 aromatic carbocycles. The van der Waals surface area contributed by atoms with E-state index in [1.807, 2.05) is 0 Å². The Bertz CT molecular complexity index is 398. The molecule has 2 rings (SSSR count). The average molecular weight is 259 g/mol. The molecule has 1 saturated carbocycles. The first-order valence-electron chi connectivity index (χ1n) is 7.83. The molecule has 0 saturated heterocycles. The molecule has 0 aromatic heterocycles. The molecule has 1 aliphatic carbocycles. The van der Waals surface area contributed by atoms with Crippen molar-refractivity contribution in [3.8, 4) is 0 Å². The monoisotopic (exact) mass is 259 g/mol. The predicted molar refractivity (Wildman–Crippen MR) is 83.5 cm³/mol. The molecule has 1 aliphatic rings. The fraction of sp³-hybridized carbons (Fsp3) is 0.667. The van der Waals surface area contributed by atoms with Gasteiger partial charge in [0.05, 0.1) is 0 Å². The molecule has 0 heterocycles. The van der Waals surface area contributed by atoms with E-state index in [4.69, 9.17) is 0 Å². The van der Waals surface area contributed by atoms with E-state index < -0.39 is 0 Å². The van der Waals surface area contributed by atoms with Gasteiger partial charge in [-0.1, -0.05) is 58.4 Å². The van der Waals surface area contributed by atoms with Crippen molar-refractivity contribution in [1.29, 1.82) is 0 Å². The minimum absolute atomic E-state index is 0.361. The van der Waals surface area contributed by atoms with Crippen molar-refractivity contribution in [3.63, 3.8) is 0 Å². The number of benzene rings is 1. The van der Waals surface area contributed by atoms with Gasteiger partial charge >= 0.3 is 0 Å². The highest BCUT2D eigenvalue weighted by Gasteiger charge is 2.26. The van der Waals surface area contributed by atoms with Crippen LogP contribution in [-0.4, -0.2) is 6.54 Å². The van der Waals surface area contributed by atoms with E-state index in [0.29, 0.717) is 11.5 Å². The van der Waals surface area contributed by atoms with Crippen molar-refractivity contribution in [2.45, 2.75) is 65.3 Å². The van der Waals surface area contributed by atoms with Crippen molar-refractivity contribution in [1.82, 2.24) is 5.32 Å². The molecule has 1 heteroatoms. The van der Waals surface area contributed by atoms with Crippen LogP contribution in [0, 0.1) is 5.41 Å². The smallest absolute Gasteiger partial charge is 0.0327 e. The molecule has 1 atom stereocenters. The Morgan fingerprint density at radius 2 is 1.89 bits per heavy atom. The zero-order valence-electron chi connectivity index (χ0n) is 13.0. The van der Waals surface area contributed by atoms with Crippen molar-refractivity contribution < 1.29 is 0 Å². The fourth-order valence-corrected chi connectivity index (χ4v) is 3.07. The lowest BCUT2D eigenvalue weighted by Gasteiger charge is -2.33. The number of hydrogen-bond donors (Lipinski definition) is 1. The molecule has 0 spiro atoms. The molecule has 19 heavy (non-hydrogen) atoms. The second-order valence-electron chi connectivity index (χ2n) is 7.13. The number of hydrogen-bond acceptors (Lipinski definition) is 1. The standard InChI is InChI=1S/C18H29N/c1-5-19-17(13-18(2,3)4)16-12-7-6-11-15(16)14-9-8-10-14/h6-7,11-12,14,17,19H,5,8-10,13H2,1-4H3. The van der Waals surface area contributed by atoms with Crippen molar-refractivity contribution in [3.05, 3.63) is 35.4 Å². The normalized spacial score (nSPS) is 18.1. The molecule has 106 valence electrons. The van der Waals surface area contributed by atoms with Gasteiger partial charge in [0.1, 0.15) is 0 Å². The summed E-state index contributed by atoms with van der Waals surface area (Å²) in [5.41, 5.74) is 3.51. The Balaban J connectivity index is 2.24. The minimum atomic E-state index is 0.361. The molecule has 0 aliphatic heterocycles. The van der Waals surface area contributed by atoms with E-state index in [2.05, 4.69) is 57.3 Å². The molecular weight excluding hydrogens is 230 g/mol. The Hall–Kier alpha value is -0.820. The fourth-order valence-electron chi connectivity index (χ4n) is 3.07. The van der Waals surface area contributed by atoms with Crippen LogP contribution in [0.3, 0.4) is 0 Å². The summed E-state index contributed by atoms with van der Waals surface area (Å²) in [7, 11) is 0. The summed E-state index contributed by atoms with van der Waals surface area (Å²) in [4.78, 5) is 0. The van der Waals surface area contributed by atoms with Gasteiger partial charge < -0.3 is 5.32 Å². The molecule has 1 unspecified atom stereocenters. The van der Waals surface area contributed by atoms with Gasteiger partial charge in [-0.2, -0.15) is 0 Å². The molecule has 1 N–H and O–H groups in total. The van der Waals surface area contributed by atoms with Crippen LogP contribution in [-0.2, 0) is 0 Å². The lowest BCUT2D eigenvalue weighted by molar-refractivity contribution is 0.310. The third-order valence-corrected chi connectivity index (χ3v) is 4.18. The second kappa shape index (κ2) is 6.09. The molecule has 0 amide bonds. The molecule has 0 radical (unpaired) electrons. The van der Waals surface area contributed by atoms with Gasteiger partial charge in [-0.15, -0.1) is 0 Å². The largest absolute Gasteiger partial charge is 0.310 e. The van der Waals surface area contributed by atoms with E-state index in [9.17, 15) is 0 Å². The summed E-state index contributed by atoms with van der Waals surface area (Å²) in [5, 5.41) is 3.70. The van der Waals surface area contributed by atoms with Crippen LogP contribution in [0.4, 0.5) is 0 Å². The van der Waals surface area contributed by atoms with Gasteiger partial charge in [0.15, 0.2) is 0 Å². The first-order valence-corrected chi connectivity index (χ1v) is 7.83. The maximum absolute atomic E-state index is 3.70. The molecule has 1 aromatic rings. The average Bonchev–Trinajstić information content (AvgIpc) is 2.25. The summed E-state index contributed by atoms with van der Waals surface area (Å²) < 4.78 is 0. The van der Waals surface area contributed by atoms with Crippen molar-refractivity contribution in [2.24, 2.45) is 5.41 Å². The van der Waals surface area contributed by atoms with Crippen LogP contribution in [0.1, 0.15) is 76.5 Å². The van der Waals surface area contributed by atoms with Gasteiger partial charge in [-0.3, -0.25) is 0 Å². The first kappa shape index (κ1) is 14.6. The molecule has 0 bridgehead atoms. The zero-order chi connectivity index (χ0) is 13.9. The lowest BCUT2D eigenvalue weighted by Crippen LogP contribution is -2.27. The zero-order valence-corrected chi connectivity index (χ0v) is 13.0. The highest BCUT2D eigenvalue weighted by Crippen LogP contribution is 2.41. The SMILES string of the molecule is CCNC(CC(C)(C)C)c1ccccc1C1CCC1. The Kier molecular flexibility index (Phi) is 4.67. The molecule has 1 fully saturated rings. The predicted octanol–water partition coefficient (Wildman–Crippen LogP) is 5.04. The minimum Gasteiger partial charge on any atom is -0.310 e. The summed E-state index contributed by atoms with van der Waals surface area (Å²) >= 11 is 0. The van der Waals surface area contributed by atoms with Gasteiger partial charge in [0, 0.05) is 6.04 Å². The maximum atomic E-state index is 3.70. The van der Waals surface area contributed by atoms with Crippen LogP contribution < -0.4 is 5.32 Å². The summed E-state index contributed by atoms with van der Waals surface area (Å²) in [6.45, 7) is 10.3. The summed E-state index contributed by atoms with van der Waals surface area (Å²) in [5.74, 6) is 0.817. The summed E-state index contributed by atoms with van der Waals surface area (Å²) in [6, 6.07) is 9.60. The number of nitrogens with one attached hydrogen (secondary N) is 1. The van der Waals surface area contributed by atoms with Crippen LogP contribution in [0.2, 0.25) is 0 Å². The molecule has 1 nitrogen and oxygen atoms in total. The van der Waals surface area contributed by atoms with Gasteiger partial charge in [-0.25, -0.2) is 0 Å². The second-order valence-corrected chi connectivity index (χ2v) is 7.13. The van der Waals surface area contributed by atoms with Crippen LogP contribution in [0.25, 0.3) is 0 Å². The Morgan fingerprint density at radius 1 is 1.21 bits per heavy atom. The topological polar surface area (TPSA) is 12.0 Å². The highest BCUT2D eigenvalue weighted by molar-refractivity contribution is 5.34. The van der Waals surface area contributed by atoms with E-state index >= 15 is 0 Å². The van der Waals surface area contributed by atoms with Gasteiger partial charge in [0.25, 0.3) is 0 Å². The van der Waals surface area contributed by atoms with E-state index in [1.165, 1.54) is 25.7 Å². The third kappa shape index (κ3) is 3.82. The first-order chi connectivity index (χ1) is 9.01. The quantitative estimate of drug-likeness (QED) is 0.781. The molecular formula is C18H29N. The van der Waals surface area contributed by atoms with E-state index in [0.717, 1.165) is 12.5 Å². The van der Waals surface area contributed by atoms with Crippen LogP contribution >= 0.6 is 0 Å². The van der Waals surface area contributed by atoms with E-state index in [1.54, 1.807) is 11.1 Å². The van der Waals surface area contributed by atoms with Crippen LogP contribution in [0.5, 0.6) is 0 Å². The van der Waals surface area contributed by atoms with Crippen molar-refractivity contribution >= 4 is 0 Å². The van der Waals surface area contributed by atoms with Gasteiger partial charge in [0.2, 0.25) is 0 Å². The van der Waals surface area contributed by atoms with Crippen LogP contribution in [0.15, 0.2) is 24.3 Å². The van der Waals surface area contributed by atoms with Crippen molar-refractivity contribution in [2.75, 3.05) is 6.54 Å². The summed E-state index contributed by atoms with van der Waals surface area (Å²) in [6.07, 6.45) is 5.37. The third-order valence-electron chi connectivity index (χ3n) is 4.18. The Morgan fingerprint density at radius 3 is 2.42 bits per heavy atom. The maximum Gasteiger partial charge on any atom is 0.0327 e. The Labute approximate surface area is 118 Å². The highest BCUT2D eigenvalue weighted by atomic mass is 14.9.